The van der Waals surface area contributed by atoms with Gasteiger partial charge in [0.2, 0.25) is 0 Å². The van der Waals surface area contributed by atoms with Gasteiger partial charge in [0, 0.05) is 11.6 Å². The summed E-state index contributed by atoms with van der Waals surface area (Å²) in [6, 6.07) is 10.6. The van der Waals surface area contributed by atoms with E-state index in [1.807, 2.05) is 6.07 Å². The molecule has 2 heterocycles. The zero-order valence-corrected chi connectivity index (χ0v) is 9.33. The number of nitrogens with one attached hydrogen (secondary N) is 1. The highest BCUT2D eigenvalue weighted by Gasteiger charge is 2.10. The average Bonchev–Trinajstić information content (AvgIpc) is 2.87. The lowest BCUT2D eigenvalue weighted by Crippen LogP contribution is -2.08. The zero-order chi connectivity index (χ0) is 12.4. The van der Waals surface area contributed by atoms with Crippen LogP contribution in [0.2, 0.25) is 0 Å². The van der Waals surface area contributed by atoms with E-state index >= 15 is 0 Å². The Morgan fingerprint density at radius 2 is 2.00 bits per heavy atom. The van der Waals surface area contributed by atoms with Crippen molar-refractivity contribution in [3.63, 3.8) is 0 Å². The fourth-order valence-electron chi connectivity index (χ4n) is 1.60. The highest BCUT2D eigenvalue weighted by molar-refractivity contribution is 5.94. The molecule has 0 aliphatic rings. The molecule has 2 aromatic heterocycles. The van der Waals surface area contributed by atoms with E-state index in [9.17, 15) is 4.79 Å². The first-order valence-electron chi connectivity index (χ1n) is 5.39. The number of nitrogens with zero attached hydrogens (tertiary/aromatic N) is 2. The van der Waals surface area contributed by atoms with Crippen LogP contribution < -0.4 is 4.74 Å². The predicted molar refractivity (Wildman–Crippen MR) is 65.3 cm³/mol. The monoisotopic (exact) mass is 239 g/mol. The summed E-state index contributed by atoms with van der Waals surface area (Å²) in [5, 5.41) is 7.34. The minimum Gasteiger partial charge on any atom is -0.423 e. The van der Waals surface area contributed by atoms with Crippen LogP contribution in [0.3, 0.4) is 0 Å². The van der Waals surface area contributed by atoms with Crippen LogP contribution in [0.25, 0.3) is 11.0 Å². The number of ether oxygens (including phenoxy) is 1. The number of benzene rings is 1. The van der Waals surface area contributed by atoms with Crippen molar-refractivity contribution in [2.45, 2.75) is 0 Å². The van der Waals surface area contributed by atoms with Crippen molar-refractivity contribution in [2.24, 2.45) is 0 Å². The maximum absolute atomic E-state index is 11.9. The summed E-state index contributed by atoms with van der Waals surface area (Å²) in [5.41, 5.74) is 1.04. The third-order valence-corrected chi connectivity index (χ3v) is 2.48. The number of aromatic nitrogens is 3. The van der Waals surface area contributed by atoms with Crippen LogP contribution in [-0.2, 0) is 0 Å². The fraction of sp³-hybridized carbons (Fsp3) is 0. The van der Waals surface area contributed by atoms with Crippen LogP contribution >= 0.6 is 0 Å². The molecule has 0 saturated carbocycles. The quantitative estimate of drug-likeness (QED) is 0.549. The number of esters is 1. The molecule has 88 valence electrons. The Morgan fingerprint density at radius 3 is 2.83 bits per heavy atom. The molecule has 3 rings (SSSR count). The van der Waals surface area contributed by atoms with E-state index in [2.05, 4.69) is 15.2 Å². The number of para-hydroxylation sites is 1. The molecule has 0 amide bonds. The van der Waals surface area contributed by atoms with E-state index in [1.165, 1.54) is 6.20 Å². The van der Waals surface area contributed by atoms with Gasteiger partial charge in [0.25, 0.3) is 0 Å². The molecule has 1 aromatic carbocycles. The highest BCUT2D eigenvalue weighted by atomic mass is 16.5. The molecule has 5 heteroatoms. The molecule has 0 fully saturated rings. The zero-order valence-electron chi connectivity index (χ0n) is 9.33. The molecular weight excluding hydrogens is 230 g/mol. The van der Waals surface area contributed by atoms with Crippen molar-refractivity contribution in [3.8, 4) is 5.75 Å². The second kappa shape index (κ2) is 4.29. The van der Waals surface area contributed by atoms with Crippen LogP contribution in [-0.4, -0.2) is 21.2 Å². The molecule has 18 heavy (non-hydrogen) atoms. The molecule has 0 spiro atoms. The van der Waals surface area contributed by atoms with E-state index < -0.39 is 5.97 Å². The first-order chi connectivity index (χ1) is 8.83. The first kappa shape index (κ1) is 10.5. The fourth-order valence-corrected chi connectivity index (χ4v) is 1.60. The molecule has 5 nitrogen and oxygen atoms in total. The van der Waals surface area contributed by atoms with Gasteiger partial charge in [0.05, 0.1) is 11.8 Å². The van der Waals surface area contributed by atoms with E-state index in [0.717, 1.165) is 5.39 Å². The lowest BCUT2D eigenvalue weighted by molar-refractivity contribution is 0.0734. The molecule has 0 saturated heterocycles. The summed E-state index contributed by atoms with van der Waals surface area (Å²) < 4.78 is 5.22. The number of rotatable bonds is 2. The second-order valence-corrected chi connectivity index (χ2v) is 3.73. The summed E-state index contributed by atoms with van der Waals surface area (Å²) in [6.45, 7) is 0. The Kier molecular flexibility index (Phi) is 2.49. The predicted octanol–water partition coefficient (Wildman–Crippen LogP) is 2.18. The minimum atomic E-state index is -0.434. The molecule has 0 aliphatic heterocycles. The summed E-state index contributed by atoms with van der Waals surface area (Å²) in [5.74, 6) is 0.0755. The molecule has 0 unspecified atom stereocenters. The highest BCUT2D eigenvalue weighted by Crippen LogP contribution is 2.14. The van der Waals surface area contributed by atoms with E-state index in [-0.39, 0.29) is 0 Å². The third kappa shape index (κ3) is 1.93. The minimum absolute atomic E-state index is 0.396. The number of hydrogen-bond acceptors (Lipinski definition) is 4. The lowest BCUT2D eigenvalue weighted by atomic mass is 10.2. The van der Waals surface area contributed by atoms with Gasteiger partial charge in [-0.2, -0.15) is 5.10 Å². The number of pyridine rings is 1. The topological polar surface area (TPSA) is 67.9 Å². The Labute approximate surface area is 102 Å². The smallest absolute Gasteiger partial charge is 0.345 e. The first-order valence-corrected chi connectivity index (χ1v) is 5.39. The van der Waals surface area contributed by atoms with Gasteiger partial charge < -0.3 is 4.74 Å². The van der Waals surface area contributed by atoms with E-state index in [0.29, 0.717) is 17.0 Å². The molecule has 1 N–H and O–H groups in total. The second-order valence-electron chi connectivity index (χ2n) is 3.73. The van der Waals surface area contributed by atoms with Crippen molar-refractivity contribution < 1.29 is 9.53 Å². The largest absolute Gasteiger partial charge is 0.423 e. The summed E-state index contributed by atoms with van der Waals surface area (Å²) in [6.07, 6.45) is 3.08. The van der Waals surface area contributed by atoms with Gasteiger partial charge in [-0.15, -0.1) is 0 Å². The molecule has 0 bridgehead atoms. The van der Waals surface area contributed by atoms with Crippen LogP contribution in [0, 0.1) is 0 Å². The third-order valence-electron chi connectivity index (χ3n) is 2.48. The van der Waals surface area contributed by atoms with Gasteiger partial charge >= 0.3 is 5.97 Å². The van der Waals surface area contributed by atoms with Crippen LogP contribution in [0.1, 0.15) is 10.4 Å². The molecule has 3 aromatic rings. The summed E-state index contributed by atoms with van der Waals surface area (Å²) in [7, 11) is 0. The Morgan fingerprint density at radius 1 is 1.17 bits per heavy atom. The van der Waals surface area contributed by atoms with Gasteiger partial charge in [0.1, 0.15) is 5.75 Å². The number of carbonyl (C=O) groups is 1. The van der Waals surface area contributed by atoms with Crippen LogP contribution in [0.4, 0.5) is 0 Å². The normalized spacial score (nSPS) is 10.4. The summed E-state index contributed by atoms with van der Waals surface area (Å²) >= 11 is 0. The van der Waals surface area contributed by atoms with Gasteiger partial charge in [-0.1, -0.05) is 18.2 Å². The van der Waals surface area contributed by atoms with Crippen LogP contribution in [0.5, 0.6) is 5.75 Å². The van der Waals surface area contributed by atoms with Gasteiger partial charge in [-0.05, 0) is 18.2 Å². The van der Waals surface area contributed by atoms with Crippen molar-refractivity contribution in [2.75, 3.05) is 0 Å². The van der Waals surface area contributed by atoms with Crippen LogP contribution in [0.15, 0.2) is 48.8 Å². The van der Waals surface area contributed by atoms with E-state index in [4.69, 9.17) is 4.74 Å². The van der Waals surface area contributed by atoms with Crippen molar-refractivity contribution in [1.29, 1.82) is 0 Å². The number of hydrogen-bond donors (Lipinski definition) is 1. The Balaban J connectivity index is 1.87. The van der Waals surface area contributed by atoms with Gasteiger partial charge in [-0.3, -0.25) is 5.10 Å². The van der Waals surface area contributed by atoms with E-state index in [1.54, 1.807) is 36.5 Å². The van der Waals surface area contributed by atoms with Crippen molar-refractivity contribution in [3.05, 3.63) is 54.4 Å². The molecular formula is C13H9N3O2. The molecule has 0 aliphatic carbocycles. The Hall–Kier alpha value is -2.69. The number of H-pyrrole nitrogens is 1. The SMILES string of the molecule is O=C(Oc1ccccc1)c1cnc2[nH]ncc2c1. The molecule has 0 radical (unpaired) electrons. The standard InChI is InChI=1S/C13H9N3O2/c17-13(18-11-4-2-1-3-5-11)10-6-9-8-15-16-12(9)14-7-10/h1-8H,(H,14,15,16). The van der Waals surface area contributed by atoms with Crippen molar-refractivity contribution >= 4 is 17.0 Å². The maximum atomic E-state index is 11.9. The summed E-state index contributed by atoms with van der Waals surface area (Å²) in [4.78, 5) is 16.0. The lowest BCUT2D eigenvalue weighted by Gasteiger charge is -2.03. The average molecular weight is 239 g/mol. The van der Waals surface area contributed by atoms with Crippen molar-refractivity contribution in [1.82, 2.24) is 15.2 Å². The Bertz CT molecular complexity index is 692. The maximum Gasteiger partial charge on any atom is 0.345 e. The number of fused-ring (bicyclic) bond motifs is 1. The number of aromatic amines is 1. The van der Waals surface area contributed by atoms with Gasteiger partial charge in [-0.25, -0.2) is 9.78 Å². The molecule has 0 atom stereocenters. The number of carbonyl (C=O) groups excluding carboxylic acids is 1. The van der Waals surface area contributed by atoms with Gasteiger partial charge in [0.15, 0.2) is 5.65 Å².